The molecule has 0 atom stereocenters. The second-order valence-electron chi connectivity index (χ2n) is 4.01. The minimum Gasteiger partial charge on any atom is -0.465 e. The first kappa shape index (κ1) is 16.9. The summed E-state index contributed by atoms with van der Waals surface area (Å²) in [4.78, 5) is 23.9. The summed E-state index contributed by atoms with van der Waals surface area (Å²) in [6, 6.07) is 3.07. The predicted octanol–water partition coefficient (Wildman–Crippen LogP) is 2.95. The number of benzene rings is 1. The molecule has 4 nitrogen and oxygen atoms in total. The van der Waals surface area contributed by atoms with Gasteiger partial charge in [-0.3, -0.25) is 9.59 Å². The smallest absolute Gasteiger partial charge is 0.324 e. The van der Waals surface area contributed by atoms with Crippen LogP contribution < -0.4 is 0 Å². The number of carbonyl (C=O) groups is 2. The van der Waals surface area contributed by atoms with Crippen molar-refractivity contribution in [3.63, 3.8) is 0 Å². The Kier molecular flexibility index (Phi) is 6.38. The van der Waals surface area contributed by atoms with Crippen LogP contribution in [0.2, 0.25) is 0 Å². The Morgan fingerprint density at radius 1 is 1.20 bits per heavy atom. The van der Waals surface area contributed by atoms with E-state index in [4.69, 9.17) is 9.47 Å². The summed E-state index contributed by atoms with van der Waals surface area (Å²) in [5.41, 5.74) is 0.530. The van der Waals surface area contributed by atoms with Crippen LogP contribution in [0.25, 0.3) is 0 Å². The van der Waals surface area contributed by atoms with E-state index in [9.17, 15) is 14.0 Å². The molecule has 0 aliphatic heterocycles. The summed E-state index contributed by atoms with van der Waals surface area (Å²) in [5.74, 6) is -3.15. The highest BCUT2D eigenvalue weighted by Gasteiger charge is 2.33. The Morgan fingerprint density at radius 2 is 1.70 bits per heavy atom. The maximum Gasteiger partial charge on any atom is 0.324 e. The molecule has 0 radical (unpaired) electrons. The fourth-order valence-corrected chi connectivity index (χ4v) is 2.37. The lowest BCUT2D eigenvalue weighted by Gasteiger charge is -2.17. The van der Waals surface area contributed by atoms with Gasteiger partial charge in [0.25, 0.3) is 0 Å². The highest BCUT2D eigenvalue weighted by Crippen LogP contribution is 2.27. The Morgan fingerprint density at radius 3 is 2.15 bits per heavy atom. The molecule has 0 aliphatic rings. The van der Waals surface area contributed by atoms with Crippen molar-refractivity contribution in [1.29, 1.82) is 0 Å². The van der Waals surface area contributed by atoms with Gasteiger partial charge in [-0.05, 0) is 60.6 Å². The molecule has 0 unspecified atom stereocenters. The van der Waals surface area contributed by atoms with Gasteiger partial charge in [0, 0.05) is 3.57 Å². The van der Waals surface area contributed by atoms with Crippen LogP contribution in [0.15, 0.2) is 12.1 Å². The highest BCUT2D eigenvalue weighted by molar-refractivity contribution is 14.1. The summed E-state index contributed by atoms with van der Waals surface area (Å²) >= 11 is 1.85. The average Bonchev–Trinajstić information content (AvgIpc) is 2.40. The summed E-state index contributed by atoms with van der Waals surface area (Å²) in [7, 11) is 0. The Balaban J connectivity index is 3.27. The lowest BCUT2D eigenvalue weighted by Crippen LogP contribution is -2.27. The molecule has 0 aromatic heterocycles. The zero-order valence-electron chi connectivity index (χ0n) is 11.5. The van der Waals surface area contributed by atoms with Gasteiger partial charge in [0.05, 0.1) is 13.2 Å². The van der Waals surface area contributed by atoms with Crippen LogP contribution in [0.4, 0.5) is 4.39 Å². The van der Waals surface area contributed by atoms with Gasteiger partial charge in [-0.15, -0.1) is 0 Å². The standard InChI is InChI=1S/C14H16FIO4/c1-4-19-13(17)11(14(18)20-5-2)9-6-7-10(16)12(15)8(9)3/h6-7,11H,4-5H2,1-3H3. The second kappa shape index (κ2) is 7.56. The molecule has 0 heterocycles. The molecule has 0 aliphatic carbocycles. The van der Waals surface area contributed by atoms with E-state index in [1.165, 1.54) is 13.0 Å². The number of ether oxygens (including phenoxy) is 2. The summed E-state index contributed by atoms with van der Waals surface area (Å²) in [6.07, 6.45) is 0. The van der Waals surface area contributed by atoms with E-state index in [1.54, 1.807) is 19.9 Å². The Hall–Kier alpha value is -1.18. The molecule has 0 saturated carbocycles. The number of carbonyl (C=O) groups excluding carboxylic acids is 2. The highest BCUT2D eigenvalue weighted by atomic mass is 127. The van der Waals surface area contributed by atoms with E-state index in [0.717, 1.165) is 0 Å². The Bertz CT molecular complexity index is 498. The van der Waals surface area contributed by atoms with Gasteiger partial charge in [-0.25, -0.2) is 4.39 Å². The Labute approximate surface area is 130 Å². The van der Waals surface area contributed by atoms with Crippen LogP contribution in [0.5, 0.6) is 0 Å². The van der Waals surface area contributed by atoms with Crippen molar-refractivity contribution < 1.29 is 23.5 Å². The zero-order valence-corrected chi connectivity index (χ0v) is 13.7. The van der Waals surface area contributed by atoms with Crippen molar-refractivity contribution in [3.8, 4) is 0 Å². The monoisotopic (exact) mass is 394 g/mol. The number of rotatable bonds is 5. The summed E-state index contributed by atoms with van der Waals surface area (Å²) in [6.45, 7) is 5.09. The van der Waals surface area contributed by atoms with Gasteiger partial charge < -0.3 is 9.47 Å². The summed E-state index contributed by atoms with van der Waals surface area (Å²) in [5, 5.41) is 0. The molecule has 0 amide bonds. The normalized spacial score (nSPS) is 10.5. The molecule has 0 bridgehead atoms. The van der Waals surface area contributed by atoms with Crippen LogP contribution in [0.3, 0.4) is 0 Å². The van der Waals surface area contributed by atoms with Crippen LogP contribution in [0.1, 0.15) is 30.9 Å². The quantitative estimate of drug-likeness (QED) is 0.438. The first-order valence-electron chi connectivity index (χ1n) is 6.21. The average molecular weight is 394 g/mol. The molecule has 6 heteroatoms. The van der Waals surface area contributed by atoms with Crippen molar-refractivity contribution in [3.05, 3.63) is 32.6 Å². The van der Waals surface area contributed by atoms with E-state index in [-0.39, 0.29) is 24.3 Å². The predicted molar refractivity (Wildman–Crippen MR) is 79.9 cm³/mol. The van der Waals surface area contributed by atoms with Gasteiger partial charge in [-0.1, -0.05) is 6.07 Å². The lowest BCUT2D eigenvalue weighted by molar-refractivity contribution is -0.156. The van der Waals surface area contributed by atoms with Gasteiger partial charge in [0.2, 0.25) is 0 Å². The fourth-order valence-electron chi connectivity index (χ4n) is 1.78. The third kappa shape index (κ3) is 3.68. The number of halogens is 2. The van der Waals surface area contributed by atoms with Gasteiger partial charge in [0.15, 0.2) is 5.92 Å². The van der Waals surface area contributed by atoms with Crippen molar-refractivity contribution in [1.82, 2.24) is 0 Å². The second-order valence-corrected chi connectivity index (χ2v) is 5.17. The molecule has 1 rings (SSSR count). The van der Waals surface area contributed by atoms with E-state index < -0.39 is 23.7 Å². The van der Waals surface area contributed by atoms with Crippen molar-refractivity contribution in [2.75, 3.05) is 13.2 Å². The van der Waals surface area contributed by atoms with Crippen LogP contribution >= 0.6 is 22.6 Å². The van der Waals surface area contributed by atoms with E-state index in [1.807, 2.05) is 22.6 Å². The molecule has 0 N–H and O–H groups in total. The molecule has 1 aromatic carbocycles. The summed E-state index contributed by atoms with van der Waals surface area (Å²) < 4.78 is 24.1. The van der Waals surface area contributed by atoms with E-state index in [2.05, 4.69) is 0 Å². The largest absolute Gasteiger partial charge is 0.465 e. The van der Waals surface area contributed by atoms with Crippen molar-refractivity contribution in [2.45, 2.75) is 26.7 Å². The molecular weight excluding hydrogens is 378 g/mol. The number of hydrogen-bond acceptors (Lipinski definition) is 4. The molecular formula is C14H16FIO4. The molecule has 0 spiro atoms. The van der Waals surface area contributed by atoms with Gasteiger partial charge in [0.1, 0.15) is 5.82 Å². The van der Waals surface area contributed by atoms with E-state index >= 15 is 0 Å². The molecule has 0 saturated heterocycles. The van der Waals surface area contributed by atoms with Gasteiger partial charge in [-0.2, -0.15) is 0 Å². The number of esters is 2. The minimum absolute atomic E-state index is 0.140. The SMILES string of the molecule is CCOC(=O)C(C(=O)OCC)c1ccc(I)c(F)c1C. The maximum absolute atomic E-state index is 13.9. The third-order valence-corrected chi connectivity index (χ3v) is 3.57. The van der Waals surface area contributed by atoms with E-state index in [0.29, 0.717) is 3.57 Å². The molecule has 20 heavy (non-hydrogen) atoms. The van der Waals surface area contributed by atoms with Crippen molar-refractivity contribution >= 4 is 34.5 Å². The maximum atomic E-state index is 13.9. The third-order valence-electron chi connectivity index (χ3n) is 2.74. The fraction of sp³-hybridized carbons (Fsp3) is 0.429. The zero-order chi connectivity index (χ0) is 15.3. The first-order chi connectivity index (χ1) is 9.43. The minimum atomic E-state index is -1.25. The van der Waals surface area contributed by atoms with Crippen LogP contribution in [-0.4, -0.2) is 25.2 Å². The van der Waals surface area contributed by atoms with Crippen LogP contribution in [-0.2, 0) is 19.1 Å². The van der Waals surface area contributed by atoms with Crippen molar-refractivity contribution in [2.24, 2.45) is 0 Å². The topological polar surface area (TPSA) is 52.6 Å². The van der Waals surface area contributed by atoms with Gasteiger partial charge >= 0.3 is 11.9 Å². The molecule has 1 aromatic rings. The lowest BCUT2D eigenvalue weighted by atomic mass is 9.94. The first-order valence-corrected chi connectivity index (χ1v) is 7.29. The number of hydrogen-bond donors (Lipinski definition) is 0. The van der Waals surface area contributed by atoms with Crippen LogP contribution in [0, 0.1) is 16.3 Å². The molecule has 110 valence electrons. The molecule has 0 fully saturated rings.